The zero-order valence-electron chi connectivity index (χ0n) is 12.3. The normalized spacial score (nSPS) is 29.1. The van der Waals surface area contributed by atoms with Crippen LogP contribution < -0.4 is 4.74 Å². The van der Waals surface area contributed by atoms with E-state index >= 15 is 0 Å². The maximum Gasteiger partial charge on any atom is 0.150 e. The lowest BCUT2D eigenvalue weighted by Gasteiger charge is -2.28. The summed E-state index contributed by atoms with van der Waals surface area (Å²) in [4.78, 5) is 0. The number of aliphatic hydroxyl groups excluding tert-OH is 1. The van der Waals surface area contributed by atoms with E-state index in [-0.39, 0.29) is 17.5 Å². The van der Waals surface area contributed by atoms with Gasteiger partial charge in [-0.15, -0.1) is 0 Å². The molecule has 0 saturated heterocycles. The van der Waals surface area contributed by atoms with Gasteiger partial charge < -0.3 is 9.84 Å². The minimum Gasteiger partial charge on any atom is -0.490 e. The van der Waals surface area contributed by atoms with Crippen LogP contribution in [0.3, 0.4) is 0 Å². The zero-order chi connectivity index (χ0) is 15.0. The zero-order valence-corrected chi connectivity index (χ0v) is 13.1. The third-order valence-electron chi connectivity index (χ3n) is 4.65. The number of sulfone groups is 1. The van der Waals surface area contributed by atoms with Crippen LogP contribution >= 0.6 is 0 Å². The first-order valence-electron chi connectivity index (χ1n) is 7.60. The van der Waals surface area contributed by atoms with Crippen molar-refractivity contribution < 1.29 is 18.3 Å². The Kier molecular flexibility index (Phi) is 3.97. The molecule has 2 aliphatic carbocycles. The van der Waals surface area contributed by atoms with Crippen molar-refractivity contribution in [3.05, 3.63) is 29.3 Å². The van der Waals surface area contributed by atoms with E-state index in [0.717, 1.165) is 49.0 Å². The number of ether oxygens (including phenoxy) is 1. The predicted octanol–water partition coefficient (Wildman–Crippen LogP) is 2.40. The summed E-state index contributed by atoms with van der Waals surface area (Å²) in [5.41, 5.74) is 2.15. The van der Waals surface area contributed by atoms with Gasteiger partial charge in [-0.3, -0.25) is 0 Å². The first kappa shape index (κ1) is 14.9. The number of benzene rings is 1. The van der Waals surface area contributed by atoms with E-state index in [1.807, 2.05) is 18.2 Å². The molecule has 2 aliphatic rings. The quantitative estimate of drug-likeness (QED) is 0.931. The van der Waals surface area contributed by atoms with Gasteiger partial charge in [0.15, 0.2) is 0 Å². The van der Waals surface area contributed by atoms with E-state index in [1.165, 1.54) is 6.26 Å². The fourth-order valence-corrected chi connectivity index (χ4v) is 4.59. The van der Waals surface area contributed by atoms with Crippen molar-refractivity contribution in [3.8, 4) is 5.75 Å². The van der Waals surface area contributed by atoms with Crippen molar-refractivity contribution >= 4 is 9.84 Å². The molecule has 0 bridgehead atoms. The summed E-state index contributed by atoms with van der Waals surface area (Å²) < 4.78 is 29.4. The third kappa shape index (κ3) is 3.24. The molecule has 1 saturated carbocycles. The highest BCUT2D eigenvalue weighted by molar-refractivity contribution is 7.91. The summed E-state index contributed by atoms with van der Waals surface area (Å²) in [5, 5.41) is 9.54. The van der Waals surface area contributed by atoms with Crippen molar-refractivity contribution in [1.82, 2.24) is 0 Å². The number of hydrogen-bond acceptors (Lipinski definition) is 4. The Morgan fingerprint density at radius 1 is 1.24 bits per heavy atom. The van der Waals surface area contributed by atoms with Gasteiger partial charge in [-0.1, -0.05) is 6.07 Å². The standard InChI is InChI=1S/C16H22O4S/c1-21(18,19)14-4-2-3-12(10-14)20-13-6-7-15-11(9-13)5-8-16(15)17/h6-7,9,12,14,16-17H,2-5,8,10H2,1H3/t12?,14?,16-/m0/s1. The lowest BCUT2D eigenvalue weighted by Crippen LogP contribution is -2.33. The fourth-order valence-electron chi connectivity index (χ4n) is 3.44. The minimum atomic E-state index is -2.98. The highest BCUT2D eigenvalue weighted by Gasteiger charge is 2.30. The average Bonchev–Trinajstić information content (AvgIpc) is 2.79. The van der Waals surface area contributed by atoms with E-state index in [4.69, 9.17) is 4.74 Å². The van der Waals surface area contributed by atoms with Gasteiger partial charge in [-0.2, -0.15) is 0 Å². The van der Waals surface area contributed by atoms with Crippen LogP contribution in [0.15, 0.2) is 18.2 Å². The van der Waals surface area contributed by atoms with Crippen molar-refractivity contribution in [2.75, 3.05) is 6.26 Å². The monoisotopic (exact) mass is 310 g/mol. The fraction of sp³-hybridized carbons (Fsp3) is 0.625. The van der Waals surface area contributed by atoms with Gasteiger partial charge >= 0.3 is 0 Å². The van der Waals surface area contributed by atoms with Crippen molar-refractivity contribution in [1.29, 1.82) is 0 Å². The predicted molar refractivity (Wildman–Crippen MR) is 81.2 cm³/mol. The molecule has 0 spiro atoms. The molecule has 0 radical (unpaired) electrons. The molecule has 0 amide bonds. The Hall–Kier alpha value is -1.07. The van der Waals surface area contributed by atoms with Crippen LogP contribution in [-0.2, 0) is 16.3 Å². The first-order valence-corrected chi connectivity index (χ1v) is 9.55. The molecule has 0 aliphatic heterocycles. The summed E-state index contributed by atoms with van der Waals surface area (Å²) >= 11 is 0. The minimum absolute atomic E-state index is 0.0251. The maximum atomic E-state index is 11.7. The molecule has 3 atom stereocenters. The molecule has 3 rings (SSSR count). The summed E-state index contributed by atoms with van der Waals surface area (Å²) in [6.07, 6.45) is 5.73. The van der Waals surface area contributed by atoms with Gasteiger partial charge in [-0.05, 0) is 55.4 Å². The molecule has 0 aromatic heterocycles. The lowest BCUT2D eigenvalue weighted by molar-refractivity contribution is 0.156. The second-order valence-corrected chi connectivity index (χ2v) is 8.60. The molecule has 21 heavy (non-hydrogen) atoms. The molecule has 2 unspecified atom stereocenters. The SMILES string of the molecule is CS(=O)(=O)C1CCCC(Oc2ccc3c(c2)CC[C@@H]3O)C1. The van der Waals surface area contributed by atoms with E-state index in [9.17, 15) is 13.5 Å². The highest BCUT2D eigenvalue weighted by Crippen LogP contribution is 2.34. The van der Waals surface area contributed by atoms with Crippen LogP contribution in [0.1, 0.15) is 49.3 Å². The van der Waals surface area contributed by atoms with Gasteiger partial charge in [-0.25, -0.2) is 8.42 Å². The van der Waals surface area contributed by atoms with Gasteiger partial charge in [0.1, 0.15) is 15.6 Å². The van der Waals surface area contributed by atoms with Gasteiger partial charge in [0, 0.05) is 12.7 Å². The Morgan fingerprint density at radius 3 is 2.81 bits per heavy atom. The third-order valence-corrected chi connectivity index (χ3v) is 6.29. The average molecular weight is 310 g/mol. The molecule has 4 nitrogen and oxygen atoms in total. The van der Waals surface area contributed by atoms with E-state index in [1.54, 1.807) is 0 Å². The van der Waals surface area contributed by atoms with Crippen LogP contribution in [0.25, 0.3) is 0 Å². The first-order chi connectivity index (χ1) is 9.93. The molecular weight excluding hydrogens is 288 g/mol. The maximum absolute atomic E-state index is 11.7. The molecule has 116 valence electrons. The Morgan fingerprint density at radius 2 is 2.05 bits per heavy atom. The summed E-state index contributed by atoms with van der Waals surface area (Å²) in [6, 6.07) is 5.81. The molecule has 5 heteroatoms. The highest BCUT2D eigenvalue weighted by atomic mass is 32.2. The van der Waals surface area contributed by atoms with Gasteiger partial charge in [0.05, 0.1) is 17.5 Å². The summed E-state index contributed by atoms with van der Waals surface area (Å²) in [5.74, 6) is 0.794. The van der Waals surface area contributed by atoms with Gasteiger partial charge in [0.2, 0.25) is 0 Å². The van der Waals surface area contributed by atoms with Crippen LogP contribution in [0.2, 0.25) is 0 Å². The summed E-state index contributed by atoms with van der Waals surface area (Å²) in [6.45, 7) is 0. The topological polar surface area (TPSA) is 63.6 Å². The van der Waals surface area contributed by atoms with E-state index < -0.39 is 9.84 Å². The molecular formula is C16H22O4S. The van der Waals surface area contributed by atoms with E-state index in [0.29, 0.717) is 6.42 Å². The van der Waals surface area contributed by atoms with Crippen molar-refractivity contribution in [3.63, 3.8) is 0 Å². The Bertz CT molecular complexity index is 623. The molecule has 1 fully saturated rings. The van der Waals surface area contributed by atoms with Crippen molar-refractivity contribution in [2.24, 2.45) is 0 Å². The largest absolute Gasteiger partial charge is 0.490 e. The Balaban J connectivity index is 1.69. The number of fused-ring (bicyclic) bond motifs is 1. The molecule has 1 N–H and O–H groups in total. The van der Waals surface area contributed by atoms with Crippen LogP contribution in [0.4, 0.5) is 0 Å². The van der Waals surface area contributed by atoms with E-state index in [2.05, 4.69) is 0 Å². The lowest BCUT2D eigenvalue weighted by atomic mass is 9.97. The molecule has 1 aromatic rings. The van der Waals surface area contributed by atoms with Crippen LogP contribution in [-0.4, -0.2) is 31.1 Å². The van der Waals surface area contributed by atoms with Crippen molar-refractivity contribution in [2.45, 2.75) is 56.0 Å². The number of aliphatic hydroxyl groups is 1. The second kappa shape index (κ2) is 5.61. The number of aryl methyl sites for hydroxylation is 1. The smallest absolute Gasteiger partial charge is 0.150 e. The van der Waals surface area contributed by atoms with Crippen LogP contribution in [0, 0.1) is 0 Å². The van der Waals surface area contributed by atoms with Gasteiger partial charge in [0.25, 0.3) is 0 Å². The summed E-state index contributed by atoms with van der Waals surface area (Å²) in [7, 11) is -2.98. The number of hydrogen-bond donors (Lipinski definition) is 1. The second-order valence-electron chi connectivity index (χ2n) is 6.27. The molecule has 1 aromatic carbocycles. The molecule has 0 heterocycles. The Labute approximate surface area is 126 Å². The van der Waals surface area contributed by atoms with Crippen LogP contribution in [0.5, 0.6) is 5.75 Å². The number of rotatable bonds is 3.